The summed E-state index contributed by atoms with van der Waals surface area (Å²) in [6.07, 6.45) is 3.34. The number of aliphatic carboxylic acids is 1. The number of hydrogen-bond acceptors (Lipinski definition) is 7. The summed E-state index contributed by atoms with van der Waals surface area (Å²) in [6.45, 7) is 1.81. The van der Waals surface area contributed by atoms with Crippen molar-refractivity contribution in [1.82, 2.24) is 15.0 Å². The van der Waals surface area contributed by atoms with Crippen LogP contribution in [0, 0.1) is 0 Å². The summed E-state index contributed by atoms with van der Waals surface area (Å²) in [5, 5.41) is 21.8. The van der Waals surface area contributed by atoms with Crippen molar-refractivity contribution >= 4 is 17.6 Å². The quantitative estimate of drug-likeness (QED) is 0.574. The highest BCUT2D eigenvalue weighted by molar-refractivity contribution is 5.67. The van der Waals surface area contributed by atoms with Gasteiger partial charge in [-0.3, -0.25) is 9.78 Å². The molecule has 0 saturated carbocycles. The maximum atomic E-state index is 10.9. The Hall–Kier alpha value is -3.68. The van der Waals surface area contributed by atoms with E-state index in [4.69, 9.17) is 10.1 Å². The van der Waals surface area contributed by atoms with E-state index < -0.39 is 5.97 Å². The topological polar surface area (TPSA) is 111 Å². The number of fused-ring (bicyclic) bond motifs is 1. The number of nitrogens with zero attached hydrogens (tertiary/aromatic N) is 4. The number of rotatable bonds is 6. The first-order valence-corrected chi connectivity index (χ1v) is 9.90. The van der Waals surface area contributed by atoms with Crippen molar-refractivity contribution in [2.45, 2.75) is 19.3 Å². The maximum absolute atomic E-state index is 10.9. The number of hydrogen-bond donors (Lipinski definition) is 3. The molecule has 0 radical (unpaired) electrons. The zero-order chi connectivity index (χ0) is 20.9. The van der Waals surface area contributed by atoms with Crippen molar-refractivity contribution in [3.05, 3.63) is 59.8 Å². The molecule has 0 fully saturated rings. The monoisotopic (exact) mass is 405 g/mol. The van der Waals surface area contributed by atoms with Crippen LogP contribution < -0.4 is 10.2 Å². The van der Waals surface area contributed by atoms with Crippen molar-refractivity contribution in [3.8, 4) is 17.3 Å². The second-order valence-electron chi connectivity index (χ2n) is 7.16. The lowest BCUT2D eigenvalue weighted by Crippen LogP contribution is -2.27. The molecule has 0 bridgehead atoms. The van der Waals surface area contributed by atoms with Gasteiger partial charge >= 0.3 is 5.97 Å². The molecular weight excluding hydrogens is 382 g/mol. The van der Waals surface area contributed by atoms with Gasteiger partial charge in [-0.1, -0.05) is 12.1 Å². The average molecular weight is 405 g/mol. The van der Waals surface area contributed by atoms with Crippen molar-refractivity contribution in [3.63, 3.8) is 0 Å². The molecule has 30 heavy (non-hydrogen) atoms. The zero-order valence-corrected chi connectivity index (χ0v) is 16.5. The van der Waals surface area contributed by atoms with Gasteiger partial charge in [0.05, 0.1) is 6.42 Å². The van der Waals surface area contributed by atoms with Crippen molar-refractivity contribution in [2.75, 3.05) is 29.9 Å². The fourth-order valence-electron chi connectivity index (χ4n) is 3.53. The zero-order valence-electron chi connectivity index (χ0n) is 16.5. The van der Waals surface area contributed by atoms with Crippen LogP contribution in [-0.4, -0.2) is 50.8 Å². The van der Waals surface area contributed by atoms with E-state index in [1.165, 1.54) is 5.56 Å². The largest absolute Gasteiger partial charge is 0.508 e. The van der Waals surface area contributed by atoms with Crippen LogP contribution in [0.25, 0.3) is 11.5 Å². The maximum Gasteiger partial charge on any atom is 0.305 e. The molecule has 0 amide bonds. The Balaban J connectivity index is 1.62. The molecular formula is C22H23N5O3. The summed E-state index contributed by atoms with van der Waals surface area (Å²) in [6, 6.07) is 12.9. The summed E-state index contributed by atoms with van der Waals surface area (Å²) in [4.78, 5) is 26.7. The van der Waals surface area contributed by atoms with Gasteiger partial charge in [0.2, 0.25) is 0 Å². The van der Waals surface area contributed by atoms with Crippen molar-refractivity contribution < 1.29 is 15.0 Å². The third kappa shape index (κ3) is 4.65. The van der Waals surface area contributed by atoms with Crippen LogP contribution in [0.15, 0.2) is 48.7 Å². The average Bonchev–Trinajstić information content (AvgIpc) is 2.96. The Morgan fingerprint density at radius 2 is 1.90 bits per heavy atom. The molecule has 0 atom stereocenters. The third-order valence-electron chi connectivity index (χ3n) is 5.07. The van der Waals surface area contributed by atoms with Crippen molar-refractivity contribution in [1.29, 1.82) is 0 Å². The summed E-state index contributed by atoms with van der Waals surface area (Å²) in [5.74, 6) is 1.24. The van der Waals surface area contributed by atoms with Gasteiger partial charge < -0.3 is 20.4 Å². The fraction of sp³-hybridized carbons (Fsp3) is 0.273. The number of nitrogens with one attached hydrogen (secondary N) is 1. The number of phenolic OH excluding ortho intramolecular Hbond substituents is 1. The van der Waals surface area contributed by atoms with E-state index in [0.29, 0.717) is 17.3 Å². The second-order valence-corrected chi connectivity index (χ2v) is 7.16. The molecule has 0 unspecified atom stereocenters. The molecule has 154 valence electrons. The van der Waals surface area contributed by atoms with Crippen LogP contribution in [-0.2, 0) is 17.6 Å². The summed E-state index contributed by atoms with van der Waals surface area (Å²) >= 11 is 0. The number of carbonyl (C=O) groups is 1. The molecule has 1 aliphatic heterocycles. The van der Waals surface area contributed by atoms with Crippen LogP contribution in [0.3, 0.4) is 0 Å². The Labute approximate surface area is 174 Å². The number of benzene rings is 1. The normalized spacial score (nSPS) is 13.4. The Morgan fingerprint density at radius 3 is 2.67 bits per heavy atom. The van der Waals surface area contributed by atoms with Gasteiger partial charge in [0.25, 0.3) is 0 Å². The van der Waals surface area contributed by atoms with E-state index in [0.717, 1.165) is 37.3 Å². The molecule has 8 nitrogen and oxygen atoms in total. The van der Waals surface area contributed by atoms with Gasteiger partial charge in [0, 0.05) is 31.9 Å². The van der Waals surface area contributed by atoms with E-state index in [-0.39, 0.29) is 18.7 Å². The molecule has 0 aliphatic carbocycles. The predicted molar refractivity (Wildman–Crippen MR) is 114 cm³/mol. The standard InChI is InChI=1S/C22H23N5O3/c28-17-5-4-15-7-11-27(12-8-16(15)13-17)20-14-19(24-10-6-21(29)30)25-22(26-20)18-3-1-2-9-23-18/h1-5,9,13-14,28H,6-8,10-12H2,(H,29,30)(H,24,25,26). The van der Waals surface area contributed by atoms with E-state index in [9.17, 15) is 9.90 Å². The first-order chi connectivity index (χ1) is 14.6. The number of aromatic nitrogens is 3. The number of carboxylic acids is 1. The molecule has 1 aliphatic rings. The van der Waals surface area contributed by atoms with Crippen LogP contribution >= 0.6 is 0 Å². The second kappa shape index (κ2) is 8.77. The van der Waals surface area contributed by atoms with Crippen LogP contribution in [0.2, 0.25) is 0 Å². The SMILES string of the molecule is O=C(O)CCNc1cc(N2CCc3ccc(O)cc3CC2)nc(-c2ccccn2)n1. The number of pyridine rings is 1. The molecule has 2 aromatic heterocycles. The van der Waals surface area contributed by atoms with Crippen LogP contribution in [0.4, 0.5) is 11.6 Å². The van der Waals surface area contributed by atoms with Crippen molar-refractivity contribution in [2.24, 2.45) is 0 Å². The molecule has 4 rings (SSSR count). The van der Waals surface area contributed by atoms with E-state index in [2.05, 4.69) is 20.2 Å². The van der Waals surface area contributed by atoms with Crippen LogP contribution in [0.5, 0.6) is 5.75 Å². The van der Waals surface area contributed by atoms with Gasteiger partial charge in [0.1, 0.15) is 23.1 Å². The minimum atomic E-state index is -0.865. The minimum absolute atomic E-state index is 0.000767. The fourth-order valence-corrected chi connectivity index (χ4v) is 3.53. The van der Waals surface area contributed by atoms with Gasteiger partial charge in [-0.2, -0.15) is 0 Å². The Morgan fingerprint density at radius 1 is 1.07 bits per heavy atom. The Bertz CT molecular complexity index is 1040. The predicted octanol–water partition coefficient (Wildman–Crippen LogP) is 2.74. The minimum Gasteiger partial charge on any atom is -0.508 e. The molecule has 0 spiro atoms. The molecule has 1 aromatic carbocycles. The summed E-state index contributed by atoms with van der Waals surface area (Å²) in [7, 11) is 0. The number of anilines is 2. The summed E-state index contributed by atoms with van der Waals surface area (Å²) in [5.41, 5.74) is 3.04. The first kappa shape index (κ1) is 19.6. The highest BCUT2D eigenvalue weighted by atomic mass is 16.4. The lowest BCUT2D eigenvalue weighted by atomic mass is 10.0. The Kier molecular flexibility index (Phi) is 5.74. The third-order valence-corrected chi connectivity index (χ3v) is 5.07. The molecule has 3 aromatic rings. The lowest BCUT2D eigenvalue weighted by Gasteiger charge is -2.22. The number of carboxylic acid groups (broad SMARTS) is 1. The van der Waals surface area contributed by atoms with Gasteiger partial charge in [0.15, 0.2) is 5.82 Å². The highest BCUT2D eigenvalue weighted by Crippen LogP contribution is 2.26. The molecule has 3 N–H and O–H groups in total. The molecule has 8 heteroatoms. The molecule has 3 heterocycles. The first-order valence-electron chi connectivity index (χ1n) is 9.90. The molecule has 0 saturated heterocycles. The van der Waals surface area contributed by atoms with E-state index in [1.54, 1.807) is 12.3 Å². The van der Waals surface area contributed by atoms with Gasteiger partial charge in [-0.15, -0.1) is 0 Å². The number of aromatic hydroxyl groups is 1. The lowest BCUT2D eigenvalue weighted by molar-refractivity contribution is -0.136. The van der Waals surface area contributed by atoms with Crippen LogP contribution in [0.1, 0.15) is 17.5 Å². The number of phenols is 1. The van der Waals surface area contributed by atoms with E-state index in [1.807, 2.05) is 36.4 Å². The summed E-state index contributed by atoms with van der Waals surface area (Å²) < 4.78 is 0. The smallest absolute Gasteiger partial charge is 0.305 e. The highest BCUT2D eigenvalue weighted by Gasteiger charge is 2.18. The van der Waals surface area contributed by atoms with Gasteiger partial charge in [-0.25, -0.2) is 9.97 Å². The van der Waals surface area contributed by atoms with Gasteiger partial charge in [-0.05, 0) is 48.2 Å². The van der Waals surface area contributed by atoms with E-state index >= 15 is 0 Å².